The van der Waals surface area contributed by atoms with E-state index in [2.05, 4.69) is 10.3 Å². The number of aliphatic carboxylic acids is 1. The van der Waals surface area contributed by atoms with E-state index in [1.165, 1.54) is 23.5 Å². The van der Waals surface area contributed by atoms with Crippen LogP contribution < -0.4 is 15.0 Å². The molecule has 0 amide bonds. The average molecular weight is 443 g/mol. The summed E-state index contributed by atoms with van der Waals surface area (Å²) in [6.45, 7) is 3.22. The molecule has 1 saturated heterocycles. The number of hydrogen-bond donors (Lipinski definition) is 2. The number of carbonyl (C=O) groups is 1. The van der Waals surface area contributed by atoms with Gasteiger partial charge in [-0.1, -0.05) is 19.8 Å². The highest BCUT2D eigenvalue weighted by atomic mass is 32.1. The van der Waals surface area contributed by atoms with Crippen molar-refractivity contribution in [3.05, 3.63) is 29.1 Å². The number of unbranched alkanes of at least 4 members (excludes halogenated alkanes) is 2. The molecule has 6 nitrogen and oxygen atoms in total. The van der Waals surface area contributed by atoms with Crippen LogP contribution in [0.5, 0.6) is 5.75 Å². The van der Waals surface area contributed by atoms with E-state index in [-0.39, 0.29) is 18.0 Å². The zero-order valence-electron chi connectivity index (χ0n) is 16.5. The molecule has 2 N–H and O–H groups in total. The second-order valence-corrected chi connectivity index (χ2v) is 8.03. The molecule has 0 spiro atoms. The molecule has 0 saturated carbocycles. The maximum Gasteiger partial charge on any atom is 0.420 e. The van der Waals surface area contributed by atoms with Crippen LogP contribution in [0.25, 0.3) is 0 Å². The van der Waals surface area contributed by atoms with Crippen LogP contribution in [0, 0.1) is 5.92 Å². The van der Waals surface area contributed by atoms with Gasteiger partial charge in [0.1, 0.15) is 11.6 Å². The van der Waals surface area contributed by atoms with Gasteiger partial charge in [-0.25, -0.2) is 4.98 Å². The Morgan fingerprint density at radius 1 is 1.40 bits per heavy atom. The number of hydrogen-bond acceptors (Lipinski definition) is 6. The normalized spacial score (nSPS) is 16.7. The summed E-state index contributed by atoms with van der Waals surface area (Å²) in [5.41, 5.74) is -0.571. The summed E-state index contributed by atoms with van der Waals surface area (Å²) >= 11 is 1.25. The first-order valence-corrected chi connectivity index (χ1v) is 10.7. The number of nitrogens with zero attached hydrogens (tertiary/aromatic N) is 2. The summed E-state index contributed by atoms with van der Waals surface area (Å²) in [5.74, 6) is -0.816. The monoisotopic (exact) mass is 443 g/mol. The van der Waals surface area contributed by atoms with Gasteiger partial charge in [0.2, 0.25) is 0 Å². The highest BCUT2D eigenvalue weighted by Gasteiger charge is 2.35. The van der Waals surface area contributed by atoms with E-state index in [1.54, 1.807) is 5.38 Å². The Bertz CT molecular complexity index is 872. The van der Waals surface area contributed by atoms with Gasteiger partial charge in [-0.05, 0) is 31.0 Å². The first-order chi connectivity index (χ1) is 14.3. The van der Waals surface area contributed by atoms with E-state index in [1.807, 2.05) is 11.8 Å². The Labute approximate surface area is 176 Å². The molecule has 3 rings (SSSR count). The SMILES string of the molecule is CCCCCOc1ccc(Nc2nc(N3CCC(C(=O)O)C3)cs2)cc1C(F)(F)F. The van der Waals surface area contributed by atoms with Crippen molar-refractivity contribution < 1.29 is 27.8 Å². The highest BCUT2D eigenvalue weighted by molar-refractivity contribution is 7.14. The number of benzene rings is 1. The van der Waals surface area contributed by atoms with Crippen LogP contribution in [0.1, 0.15) is 38.2 Å². The van der Waals surface area contributed by atoms with Crippen LogP contribution in [0.3, 0.4) is 0 Å². The summed E-state index contributed by atoms with van der Waals surface area (Å²) in [4.78, 5) is 17.4. The first kappa shape index (κ1) is 22.2. The fourth-order valence-corrected chi connectivity index (χ4v) is 3.99. The number of ether oxygens (including phenoxy) is 1. The molecule has 0 bridgehead atoms. The van der Waals surface area contributed by atoms with Crippen molar-refractivity contribution in [1.82, 2.24) is 4.98 Å². The molecule has 0 radical (unpaired) electrons. The predicted octanol–water partition coefficient (Wildman–Crippen LogP) is 5.39. The Morgan fingerprint density at radius 3 is 2.87 bits per heavy atom. The number of alkyl halides is 3. The quantitative estimate of drug-likeness (QED) is 0.507. The highest BCUT2D eigenvalue weighted by Crippen LogP contribution is 2.39. The van der Waals surface area contributed by atoms with Crippen molar-refractivity contribution >= 4 is 33.9 Å². The summed E-state index contributed by atoms with van der Waals surface area (Å²) in [6.07, 6.45) is -1.42. The minimum atomic E-state index is -4.53. The first-order valence-electron chi connectivity index (χ1n) is 9.82. The minimum Gasteiger partial charge on any atom is -0.493 e. The molecule has 10 heteroatoms. The van der Waals surface area contributed by atoms with Gasteiger partial charge in [0.05, 0.1) is 18.1 Å². The lowest BCUT2D eigenvalue weighted by molar-refractivity contribution is -0.141. The molecular weight excluding hydrogens is 419 g/mol. The van der Waals surface area contributed by atoms with Gasteiger partial charge >= 0.3 is 12.1 Å². The van der Waals surface area contributed by atoms with Crippen LogP contribution in [0.2, 0.25) is 0 Å². The number of carboxylic acid groups (broad SMARTS) is 1. The summed E-state index contributed by atoms with van der Waals surface area (Å²) in [7, 11) is 0. The maximum atomic E-state index is 13.5. The molecule has 1 aliphatic rings. The summed E-state index contributed by atoms with van der Waals surface area (Å²) in [6, 6.07) is 3.87. The lowest BCUT2D eigenvalue weighted by Crippen LogP contribution is -2.22. The molecule has 1 fully saturated rings. The Hall–Kier alpha value is -2.49. The fraction of sp³-hybridized carbons (Fsp3) is 0.500. The second-order valence-electron chi connectivity index (χ2n) is 7.17. The maximum absolute atomic E-state index is 13.5. The number of halogens is 3. The average Bonchev–Trinajstić information content (AvgIpc) is 3.35. The van der Waals surface area contributed by atoms with Gasteiger partial charge in [-0.3, -0.25) is 4.79 Å². The van der Waals surface area contributed by atoms with Crippen LogP contribution in [0.15, 0.2) is 23.6 Å². The lowest BCUT2D eigenvalue weighted by atomic mass is 10.1. The molecule has 1 aromatic heterocycles. The van der Waals surface area contributed by atoms with E-state index in [0.29, 0.717) is 36.9 Å². The Kier molecular flexibility index (Phi) is 7.06. The third kappa shape index (κ3) is 5.56. The minimum absolute atomic E-state index is 0.180. The van der Waals surface area contributed by atoms with Gasteiger partial charge in [-0.2, -0.15) is 13.2 Å². The number of thiazole rings is 1. The third-order valence-corrected chi connectivity index (χ3v) is 5.64. The van der Waals surface area contributed by atoms with Crippen molar-refractivity contribution in [2.75, 3.05) is 29.9 Å². The zero-order valence-corrected chi connectivity index (χ0v) is 17.4. The van der Waals surface area contributed by atoms with E-state index in [9.17, 15) is 18.0 Å². The zero-order chi connectivity index (χ0) is 21.7. The van der Waals surface area contributed by atoms with Crippen molar-refractivity contribution in [3.63, 3.8) is 0 Å². The van der Waals surface area contributed by atoms with Crippen molar-refractivity contribution in [1.29, 1.82) is 0 Å². The molecular formula is C20H24F3N3O3S. The van der Waals surface area contributed by atoms with Crippen molar-refractivity contribution in [2.45, 2.75) is 38.8 Å². The Balaban J connectivity index is 1.69. The molecule has 2 heterocycles. The number of anilines is 3. The van der Waals surface area contributed by atoms with Gasteiger partial charge in [0, 0.05) is 24.2 Å². The fourth-order valence-electron chi connectivity index (χ4n) is 3.25. The van der Waals surface area contributed by atoms with Crippen molar-refractivity contribution in [2.24, 2.45) is 5.92 Å². The number of aromatic nitrogens is 1. The number of carboxylic acids is 1. The lowest BCUT2D eigenvalue weighted by Gasteiger charge is -2.16. The van der Waals surface area contributed by atoms with E-state index in [0.717, 1.165) is 18.9 Å². The predicted molar refractivity (Wildman–Crippen MR) is 110 cm³/mol. The van der Waals surface area contributed by atoms with Crippen LogP contribution >= 0.6 is 11.3 Å². The summed E-state index contributed by atoms with van der Waals surface area (Å²) in [5, 5.41) is 14.2. The molecule has 0 aliphatic carbocycles. The molecule has 1 aliphatic heterocycles. The molecule has 1 unspecified atom stereocenters. The van der Waals surface area contributed by atoms with Gasteiger partial charge in [-0.15, -0.1) is 11.3 Å². The van der Waals surface area contributed by atoms with Crippen molar-refractivity contribution in [3.8, 4) is 5.75 Å². The van der Waals surface area contributed by atoms with Crippen LogP contribution in [-0.4, -0.2) is 35.8 Å². The van der Waals surface area contributed by atoms with Gasteiger partial charge in [0.15, 0.2) is 5.13 Å². The number of nitrogens with one attached hydrogen (secondary N) is 1. The van der Waals surface area contributed by atoms with Crippen LogP contribution in [0.4, 0.5) is 29.8 Å². The van der Waals surface area contributed by atoms with E-state index >= 15 is 0 Å². The van der Waals surface area contributed by atoms with Gasteiger partial charge < -0.3 is 20.1 Å². The number of rotatable bonds is 9. The topological polar surface area (TPSA) is 74.7 Å². The molecule has 2 aromatic rings. The largest absolute Gasteiger partial charge is 0.493 e. The summed E-state index contributed by atoms with van der Waals surface area (Å²) < 4.78 is 45.8. The molecule has 1 aromatic carbocycles. The Morgan fingerprint density at radius 2 is 2.20 bits per heavy atom. The van der Waals surface area contributed by atoms with E-state index < -0.39 is 23.6 Å². The van der Waals surface area contributed by atoms with Crippen LogP contribution in [-0.2, 0) is 11.0 Å². The molecule has 1 atom stereocenters. The van der Waals surface area contributed by atoms with E-state index in [4.69, 9.17) is 9.84 Å². The standard InChI is InChI=1S/C20H24F3N3O3S/c1-2-3-4-9-29-16-6-5-14(10-15(16)20(21,22)23)24-19-25-17(12-30-19)26-8-7-13(11-26)18(27)28/h5-6,10,12-13H,2-4,7-9,11H2,1H3,(H,24,25)(H,27,28). The molecule has 164 valence electrons. The third-order valence-electron chi connectivity index (χ3n) is 4.90. The molecule has 30 heavy (non-hydrogen) atoms. The van der Waals surface area contributed by atoms with Gasteiger partial charge in [0.25, 0.3) is 0 Å². The second kappa shape index (κ2) is 9.55. The smallest absolute Gasteiger partial charge is 0.420 e.